The SMILES string of the molecule is CN1CCN(Cc2ccc(-c3cn(Cc4ccc(-c5nnc(C(F)F)o5)cn4)nn3)cc2)CC1. The van der Waals surface area contributed by atoms with Gasteiger partial charge < -0.3 is 9.32 Å². The van der Waals surface area contributed by atoms with Gasteiger partial charge in [-0.2, -0.15) is 8.78 Å². The molecule has 0 aliphatic carbocycles. The normalized spacial score (nSPS) is 15.3. The molecule has 4 heterocycles. The number of alkyl halides is 2. The molecule has 1 fully saturated rings. The van der Waals surface area contributed by atoms with Crippen molar-refractivity contribution in [3.63, 3.8) is 0 Å². The highest BCUT2D eigenvalue weighted by molar-refractivity contribution is 5.58. The zero-order valence-electron chi connectivity index (χ0n) is 18.7. The van der Waals surface area contributed by atoms with Crippen molar-refractivity contribution in [1.29, 1.82) is 0 Å². The maximum atomic E-state index is 12.6. The van der Waals surface area contributed by atoms with Crippen LogP contribution in [-0.4, -0.2) is 73.2 Å². The van der Waals surface area contributed by atoms with Crippen molar-refractivity contribution in [3.8, 4) is 22.7 Å². The first-order valence-electron chi connectivity index (χ1n) is 11.0. The minimum atomic E-state index is -2.80. The lowest BCUT2D eigenvalue weighted by atomic mass is 10.1. The van der Waals surface area contributed by atoms with E-state index in [0.717, 1.165) is 49.7 Å². The van der Waals surface area contributed by atoms with Crippen LogP contribution in [0.1, 0.15) is 23.6 Å². The van der Waals surface area contributed by atoms with Crippen molar-refractivity contribution in [3.05, 3.63) is 65.9 Å². The van der Waals surface area contributed by atoms with Gasteiger partial charge in [-0.3, -0.25) is 9.88 Å². The van der Waals surface area contributed by atoms with Gasteiger partial charge in [-0.1, -0.05) is 29.5 Å². The number of benzene rings is 1. The van der Waals surface area contributed by atoms with E-state index in [0.29, 0.717) is 12.1 Å². The van der Waals surface area contributed by atoms with E-state index in [2.05, 4.69) is 66.6 Å². The Balaban J connectivity index is 1.20. The summed E-state index contributed by atoms with van der Waals surface area (Å²) in [5, 5.41) is 15.5. The van der Waals surface area contributed by atoms with Gasteiger partial charge in [0.15, 0.2) is 0 Å². The monoisotopic (exact) mass is 466 g/mol. The van der Waals surface area contributed by atoms with Gasteiger partial charge >= 0.3 is 6.43 Å². The predicted molar refractivity (Wildman–Crippen MR) is 120 cm³/mol. The number of aromatic nitrogens is 6. The molecule has 0 amide bonds. The molecule has 0 atom stereocenters. The van der Waals surface area contributed by atoms with Gasteiger partial charge in [0.05, 0.1) is 24.0 Å². The molecule has 0 spiro atoms. The van der Waals surface area contributed by atoms with E-state index in [-0.39, 0.29) is 5.89 Å². The second-order valence-electron chi connectivity index (χ2n) is 8.36. The first-order chi connectivity index (χ1) is 16.5. The van der Waals surface area contributed by atoms with Gasteiger partial charge in [0.25, 0.3) is 5.89 Å². The highest BCUT2D eigenvalue weighted by Gasteiger charge is 2.17. The number of hydrogen-bond acceptors (Lipinski definition) is 8. The van der Waals surface area contributed by atoms with Crippen LogP contribution < -0.4 is 0 Å². The molecular formula is C23H24F2N8O. The van der Waals surface area contributed by atoms with Crippen molar-refractivity contribution in [2.45, 2.75) is 19.5 Å². The molecule has 0 N–H and O–H groups in total. The van der Waals surface area contributed by atoms with Crippen LogP contribution in [0.4, 0.5) is 8.78 Å². The number of rotatable bonds is 7. The fourth-order valence-electron chi connectivity index (χ4n) is 3.80. The lowest BCUT2D eigenvalue weighted by molar-refractivity contribution is 0.116. The molecule has 5 rings (SSSR count). The van der Waals surface area contributed by atoms with Gasteiger partial charge in [0, 0.05) is 44.5 Å². The third-order valence-electron chi connectivity index (χ3n) is 5.81. The molecule has 0 unspecified atom stereocenters. The summed E-state index contributed by atoms with van der Waals surface area (Å²) < 4.78 is 31.9. The van der Waals surface area contributed by atoms with Gasteiger partial charge in [-0.05, 0) is 24.7 Å². The minimum absolute atomic E-state index is 0.00784. The Hall–Kier alpha value is -3.57. The molecule has 176 valence electrons. The van der Waals surface area contributed by atoms with E-state index >= 15 is 0 Å². The highest BCUT2D eigenvalue weighted by Crippen LogP contribution is 2.23. The maximum Gasteiger partial charge on any atom is 0.314 e. The Labute approximate surface area is 195 Å². The van der Waals surface area contributed by atoms with E-state index in [4.69, 9.17) is 4.42 Å². The van der Waals surface area contributed by atoms with Crippen LogP contribution in [0.25, 0.3) is 22.7 Å². The summed E-state index contributed by atoms with van der Waals surface area (Å²) in [5.41, 5.74) is 4.28. The Morgan fingerprint density at radius 1 is 0.912 bits per heavy atom. The van der Waals surface area contributed by atoms with Crippen molar-refractivity contribution in [2.24, 2.45) is 0 Å². The molecular weight excluding hydrogens is 442 g/mol. The van der Waals surface area contributed by atoms with Crippen LogP contribution in [0.3, 0.4) is 0 Å². The van der Waals surface area contributed by atoms with Crippen molar-refractivity contribution >= 4 is 0 Å². The van der Waals surface area contributed by atoms with Gasteiger partial charge in [0.2, 0.25) is 5.89 Å². The van der Waals surface area contributed by atoms with Crippen LogP contribution in [-0.2, 0) is 13.1 Å². The first-order valence-corrected chi connectivity index (χ1v) is 11.0. The third-order valence-corrected chi connectivity index (χ3v) is 5.81. The second kappa shape index (κ2) is 9.74. The summed E-state index contributed by atoms with van der Waals surface area (Å²) >= 11 is 0. The molecule has 0 saturated carbocycles. The van der Waals surface area contributed by atoms with Crippen LogP contribution in [0.5, 0.6) is 0 Å². The summed E-state index contributed by atoms with van der Waals surface area (Å²) in [6.45, 7) is 5.77. The summed E-state index contributed by atoms with van der Waals surface area (Å²) in [6, 6.07) is 11.9. The average molecular weight is 466 g/mol. The number of hydrogen-bond donors (Lipinski definition) is 0. The fraction of sp³-hybridized carbons (Fsp3) is 0.348. The number of piperazine rings is 1. The van der Waals surface area contributed by atoms with Crippen LogP contribution in [0.2, 0.25) is 0 Å². The van der Waals surface area contributed by atoms with Crippen LogP contribution >= 0.6 is 0 Å². The topological polar surface area (TPSA) is 89.0 Å². The summed E-state index contributed by atoms with van der Waals surface area (Å²) in [6.07, 6.45) is 0.579. The van der Waals surface area contributed by atoms with Crippen molar-refractivity contribution in [1.82, 2.24) is 40.0 Å². The number of nitrogens with zero attached hydrogens (tertiary/aromatic N) is 8. The Morgan fingerprint density at radius 3 is 2.35 bits per heavy atom. The number of pyridine rings is 1. The Bertz CT molecular complexity index is 1210. The van der Waals surface area contributed by atoms with Gasteiger partial charge in [-0.15, -0.1) is 15.3 Å². The highest BCUT2D eigenvalue weighted by atomic mass is 19.3. The Morgan fingerprint density at radius 2 is 1.68 bits per heavy atom. The van der Waals surface area contributed by atoms with E-state index < -0.39 is 12.3 Å². The van der Waals surface area contributed by atoms with Crippen molar-refractivity contribution < 1.29 is 13.2 Å². The fourth-order valence-corrected chi connectivity index (χ4v) is 3.80. The number of likely N-dealkylation sites (N-methyl/N-ethyl adjacent to an activating group) is 1. The minimum Gasteiger partial charge on any atom is -0.415 e. The van der Waals surface area contributed by atoms with E-state index in [1.54, 1.807) is 16.8 Å². The molecule has 1 aliphatic rings. The zero-order chi connectivity index (χ0) is 23.5. The van der Waals surface area contributed by atoms with E-state index in [9.17, 15) is 8.78 Å². The lowest BCUT2D eigenvalue weighted by Crippen LogP contribution is -2.43. The van der Waals surface area contributed by atoms with E-state index in [1.165, 1.54) is 11.8 Å². The van der Waals surface area contributed by atoms with Crippen LogP contribution in [0, 0.1) is 0 Å². The van der Waals surface area contributed by atoms with Crippen molar-refractivity contribution in [2.75, 3.05) is 33.2 Å². The van der Waals surface area contributed by atoms with Gasteiger partial charge in [-0.25, -0.2) is 4.68 Å². The molecule has 9 nitrogen and oxygen atoms in total. The number of halogens is 2. The van der Waals surface area contributed by atoms with Gasteiger partial charge in [0.1, 0.15) is 5.69 Å². The second-order valence-corrected chi connectivity index (χ2v) is 8.36. The average Bonchev–Trinajstić information content (AvgIpc) is 3.52. The third kappa shape index (κ3) is 5.15. The molecule has 1 aliphatic heterocycles. The predicted octanol–water partition coefficient (Wildman–Crippen LogP) is 3.12. The largest absolute Gasteiger partial charge is 0.415 e. The molecule has 11 heteroatoms. The molecule has 4 aromatic rings. The zero-order valence-corrected chi connectivity index (χ0v) is 18.7. The standard InChI is InChI=1S/C23H24F2N8O/c1-31-8-10-32(11-9-31)13-16-2-4-17(5-3-16)20-15-33(30-27-20)14-19-7-6-18(12-26-19)22-28-29-23(34-22)21(24)25/h2-7,12,15,21H,8-11,13-14H2,1H3. The molecule has 3 aromatic heterocycles. The maximum absolute atomic E-state index is 12.6. The quantitative estimate of drug-likeness (QED) is 0.411. The summed E-state index contributed by atoms with van der Waals surface area (Å²) in [7, 11) is 2.16. The Kier molecular flexibility index (Phi) is 6.37. The van der Waals surface area contributed by atoms with Crippen LogP contribution in [0.15, 0.2) is 53.2 Å². The summed E-state index contributed by atoms with van der Waals surface area (Å²) in [4.78, 5) is 9.17. The summed E-state index contributed by atoms with van der Waals surface area (Å²) in [5.74, 6) is -0.699. The first kappa shape index (κ1) is 22.2. The molecule has 34 heavy (non-hydrogen) atoms. The molecule has 0 radical (unpaired) electrons. The molecule has 1 saturated heterocycles. The lowest BCUT2D eigenvalue weighted by Gasteiger charge is -2.32. The molecule has 0 bridgehead atoms. The van der Waals surface area contributed by atoms with E-state index in [1.807, 2.05) is 6.20 Å². The molecule has 1 aromatic carbocycles. The smallest absolute Gasteiger partial charge is 0.314 e.